The van der Waals surface area contributed by atoms with Crippen molar-refractivity contribution in [1.29, 1.82) is 5.26 Å². The van der Waals surface area contributed by atoms with Crippen molar-refractivity contribution in [3.63, 3.8) is 0 Å². The molecule has 142 valence electrons. The van der Waals surface area contributed by atoms with Gasteiger partial charge in [0.2, 0.25) is 10.0 Å². The van der Waals surface area contributed by atoms with Gasteiger partial charge in [0.15, 0.2) is 0 Å². The Balaban J connectivity index is 1.71. The van der Waals surface area contributed by atoms with Gasteiger partial charge in [-0.25, -0.2) is 8.42 Å². The van der Waals surface area contributed by atoms with Crippen LogP contribution >= 0.6 is 15.9 Å². The quantitative estimate of drug-likeness (QED) is 0.429. The summed E-state index contributed by atoms with van der Waals surface area (Å²) in [6.07, 6.45) is 0. The largest absolute Gasteiger partial charge is 0.426 e. The molecule has 0 radical (unpaired) electrons. The van der Waals surface area contributed by atoms with E-state index in [0.717, 1.165) is 19.6 Å². The van der Waals surface area contributed by atoms with E-state index in [9.17, 15) is 13.2 Å². The molecule has 0 amide bonds. The monoisotopic (exact) mass is 458 g/mol. The number of halogens is 1. The van der Waals surface area contributed by atoms with Crippen molar-refractivity contribution in [2.75, 3.05) is 13.6 Å². The average molecular weight is 459 g/mol. The highest BCUT2D eigenvalue weighted by atomic mass is 79.9. The van der Waals surface area contributed by atoms with Crippen molar-refractivity contribution in [2.45, 2.75) is 4.90 Å². The van der Waals surface area contributed by atoms with Crippen molar-refractivity contribution in [3.8, 4) is 11.8 Å². The van der Waals surface area contributed by atoms with Gasteiger partial charge in [-0.15, -0.1) is 0 Å². The van der Waals surface area contributed by atoms with Gasteiger partial charge < -0.3 is 4.74 Å². The zero-order valence-corrected chi connectivity index (χ0v) is 17.2. The lowest BCUT2D eigenvalue weighted by Crippen LogP contribution is -2.34. The molecule has 0 atom stereocenters. The first kappa shape index (κ1) is 20.0. The molecular weight excluding hydrogens is 444 g/mol. The second kappa shape index (κ2) is 8.10. The Labute approximate surface area is 171 Å². The summed E-state index contributed by atoms with van der Waals surface area (Å²) in [7, 11) is -2.57. The Bertz CT molecular complexity index is 1190. The number of benzene rings is 3. The Hall–Kier alpha value is -2.73. The molecule has 3 aromatic carbocycles. The molecule has 3 aromatic rings. The maximum atomic E-state index is 12.6. The van der Waals surface area contributed by atoms with Gasteiger partial charge in [0, 0.05) is 11.5 Å². The molecule has 0 heterocycles. The molecule has 0 spiro atoms. The van der Waals surface area contributed by atoms with E-state index in [1.807, 2.05) is 30.3 Å². The number of esters is 1. The van der Waals surface area contributed by atoms with E-state index >= 15 is 0 Å². The lowest BCUT2D eigenvalue weighted by atomic mass is 10.1. The standard InChI is InChI=1S/C20H15BrN2O4S/c1-23(28(25,26)19-8-2-14(12-22)3-9-19)13-20(24)27-18-7-5-15-10-17(21)6-4-16(15)11-18/h2-11H,13H2,1H3. The summed E-state index contributed by atoms with van der Waals surface area (Å²) in [5, 5.41) is 10.7. The third kappa shape index (κ3) is 4.39. The number of carbonyl (C=O) groups excluding carboxylic acids is 1. The van der Waals surface area contributed by atoms with E-state index in [4.69, 9.17) is 10.00 Å². The zero-order valence-electron chi connectivity index (χ0n) is 14.8. The van der Waals surface area contributed by atoms with Crippen LogP contribution in [0.5, 0.6) is 5.75 Å². The normalized spacial score (nSPS) is 11.4. The Morgan fingerprint density at radius 3 is 2.39 bits per heavy atom. The molecule has 28 heavy (non-hydrogen) atoms. The van der Waals surface area contributed by atoms with Crippen molar-refractivity contribution in [1.82, 2.24) is 4.31 Å². The van der Waals surface area contributed by atoms with E-state index in [1.54, 1.807) is 12.1 Å². The minimum Gasteiger partial charge on any atom is -0.426 e. The highest BCUT2D eigenvalue weighted by Crippen LogP contribution is 2.24. The number of carbonyl (C=O) groups is 1. The molecule has 0 N–H and O–H groups in total. The van der Waals surface area contributed by atoms with Gasteiger partial charge >= 0.3 is 5.97 Å². The van der Waals surface area contributed by atoms with Gasteiger partial charge in [-0.05, 0) is 59.3 Å². The SMILES string of the molecule is CN(CC(=O)Oc1ccc2cc(Br)ccc2c1)S(=O)(=O)c1ccc(C#N)cc1. The molecule has 0 saturated carbocycles. The van der Waals surface area contributed by atoms with Crippen molar-refractivity contribution in [2.24, 2.45) is 0 Å². The molecule has 0 aliphatic rings. The fourth-order valence-electron chi connectivity index (χ4n) is 2.57. The van der Waals surface area contributed by atoms with Gasteiger partial charge in [-0.2, -0.15) is 9.57 Å². The van der Waals surface area contributed by atoms with Crippen LogP contribution in [0.25, 0.3) is 10.8 Å². The van der Waals surface area contributed by atoms with Gasteiger partial charge in [-0.3, -0.25) is 4.79 Å². The third-order valence-corrected chi connectivity index (χ3v) is 6.36. The number of fused-ring (bicyclic) bond motifs is 1. The minimum atomic E-state index is -3.87. The number of sulfonamides is 1. The van der Waals surface area contributed by atoms with Crippen molar-refractivity contribution in [3.05, 3.63) is 70.7 Å². The molecule has 0 fully saturated rings. The average Bonchev–Trinajstić information content (AvgIpc) is 2.68. The fourth-order valence-corrected chi connectivity index (χ4v) is 4.06. The molecule has 0 aliphatic heterocycles. The highest BCUT2D eigenvalue weighted by molar-refractivity contribution is 9.10. The molecule has 0 bridgehead atoms. The molecule has 3 rings (SSSR count). The molecule has 0 aliphatic carbocycles. The summed E-state index contributed by atoms with van der Waals surface area (Å²) in [5.41, 5.74) is 0.351. The number of nitrogens with zero attached hydrogens (tertiary/aromatic N) is 2. The summed E-state index contributed by atoms with van der Waals surface area (Å²) >= 11 is 3.40. The zero-order chi connectivity index (χ0) is 20.3. The number of rotatable bonds is 5. The summed E-state index contributed by atoms with van der Waals surface area (Å²) in [6, 6.07) is 18.3. The smallest absolute Gasteiger partial charge is 0.326 e. The second-order valence-electron chi connectivity index (χ2n) is 6.02. The van der Waals surface area contributed by atoms with Crippen LogP contribution in [0.4, 0.5) is 0 Å². The number of ether oxygens (including phenoxy) is 1. The first-order valence-electron chi connectivity index (χ1n) is 8.16. The lowest BCUT2D eigenvalue weighted by molar-refractivity contribution is -0.134. The van der Waals surface area contributed by atoms with Crippen LogP contribution in [-0.4, -0.2) is 32.3 Å². The van der Waals surface area contributed by atoms with Gasteiger partial charge in [0.05, 0.1) is 16.5 Å². The number of hydrogen-bond donors (Lipinski definition) is 0. The predicted molar refractivity (Wildman–Crippen MR) is 108 cm³/mol. The summed E-state index contributed by atoms with van der Waals surface area (Å²) < 4.78 is 32.3. The van der Waals surface area contributed by atoms with Gasteiger partial charge in [0.1, 0.15) is 12.3 Å². The Morgan fingerprint density at radius 2 is 1.71 bits per heavy atom. The van der Waals surface area contributed by atoms with E-state index in [2.05, 4.69) is 15.9 Å². The van der Waals surface area contributed by atoms with E-state index in [-0.39, 0.29) is 4.90 Å². The van der Waals surface area contributed by atoms with Gasteiger partial charge in [-0.1, -0.05) is 28.1 Å². The number of likely N-dealkylation sites (N-methyl/N-ethyl adjacent to an activating group) is 1. The van der Waals surface area contributed by atoms with Gasteiger partial charge in [0.25, 0.3) is 0 Å². The molecule has 0 saturated heterocycles. The number of nitriles is 1. The molecule has 6 nitrogen and oxygen atoms in total. The lowest BCUT2D eigenvalue weighted by Gasteiger charge is -2.16. The van der Waals surface area contributed by atoms with Crippen LogP contribution in [0.2, 0.25) is 0 Å². The van der Waals surface area contributed by atoms with E-state index in [1.165, 1.54) is 31.3 Å². The first-order valence-corrected chi connectivity index (χ1v) is 10.4. The van der Waals surface area contributed by atoms with Crippen LogP contribution in [0.15, 0.2) is 70.0 Å². The fraction of sp³-hybridized carbons (Fsp3) is 0.100. The maximum absolute atomic E-state index is 12.6. The highest BCUT2D eigenvalue weighted by Gasteiger charge is 2.23. The molecule has 8 heteroatoms. The molecule has 0 unspecified atom stereocenters. The molecular formula is C20H15BrN2O4S. The van der Waals surface area contributed by atoms with Crippen LogP contribution in [0, 0.1) is 11.3 Å². The topological polar surface area (TPSA) is 87.5 Å². The van der Waals surface area contributed by atoms with Crippen molar-refractivity contribution < 1.29 is 17.9 Å². The maximum Gasteiger partial charge on any atom is 0.326 e. The molecule has 0 aromatic heterocycles. The summed E-state index contributed by atoms with van der Waals surface area (Å²) in [5.74, 6) is -0.361. The van der Waals surface area contributed by atoms with E-state index in [0.29, 0.717) is 11.3 Å². The predicted octanol–water partition coefficient (Wildman–Crippen LogP) is 3.70. The summed E-state index contributed by atoms with van der Waals surface area (Å²) in [6.45, 7) is -0.444. The second-order valence-corrected chi connectivity index (χ2v) is 8.99. The minimum absolute atomic E-state index is 0.00178. The third-order valence-electron chi connectivity index (χ3n) is 4.05. The summed E-state index contributed by atoms with van der Waals surface area (Å²) in [4.78, 5) is 12.2. The van der Waals surface area contributed by atoms with Crippen LogP contribution in [0.1, 0.15) is 5.56 Å². The Morgan fingerprint density at radius 1 is 1.07 bits per heavy atom. The van der Waals surface area contributed by atoms with Crippen LogP contribution in [0.3, 0.4) is 0 Å². The van der Waals surface area contributed by atoms with Crippen LogP contribution < -0.4 is 4.74 Å². The van der Waals surface area contributed by atoms with Crippen molar-refractivity contribution >= 4 is 42.7 Å². The van der Waals surface area contributed by atoms with E-state index < -0.39 is 22.5 Å². The van der Waals surface area contributed by atoms with Crippen LogP contribution in [-0.2, 0) is 14.8 Å². The number of hydrogen-bond acceptors (Lipinski definition) is 5. The Kier molecular flexibility index (Phi) is 5.79. The first-order chi connectivity index (χ1) is 13.3.